The topological polar surface area (TPSA) is 76.7 Å². The number of nitrogens with one attached hydrogen (secondary N) is 2. The highest BCUT2D eigenvalue weighted by Gasteiger charge is 2.15. The second-order valence-electron chi connectivity index (χ2n) is 5.36. The quantitative estimate of drug-likeness (QED) is 0.624. The molecule has 2 amide bonds. The summed E-state index contributed by atoms with van der Waals surface area (Å²) < 4.78 is 10.4. The number of amides is 2. The zero-order valence-corrected chi connectivity index (χ0v) is 13.5. The first-order valence-electron chi connectivity index (χ1n) is 7.91. The van der Waals surface area contributed by atoms with E-state index in [1.54, 1.807) is 24.3 Å². The van der Waals surface area contributed by atoms with Crippen molar-refractivity contribution in [3.63, 3.8) is 0 Å². The zero-order valence-electron chi connectivity index (χ0n) is 13.5. The fraction of sp³-hybridized carbons (Fsp3) is 0.158. The van der Waals surface area contributed by atoms with E-state index in [2.05, 4.69) is 10.6 Å². The van der Waals surface area contributed by atoms with Gasteiger partial charge in [0.1, 0.15) is 0 Å². The van der Waals surface area contributed by atoms with E-state index in [4.69, 9.17) is 9.47 Å². The maximum atomic E-state index is 12.1. The Bertz CT molecular complexity index is 787. The van der Waals surface area contributed by atoms with Gasteiger partial charge < -0.3 is 20.1 Å². The summed E-state index contributed by atoms with van der Waals surface area (Å²) in [5.41, 5.74) is 1.44. The molecule has 2 aromatic carbocycles. The Hall–Kier alpha value is -3.28. The first-order chi connectivity index (χ1) is 12.2. The number of hydrogen-bond acceptors (Lipinski definition) is 4. The summed E-state index contributed by atoms with van der Waals surface area (Å²) in [7, 11) is 0. The first-order valence-corrected chi connectivity index (χ1v) is 7.91. The Kier molecular flexibility index (Phi) is 5.31. The van der Waals surface area contributed by atoms with Crippen LogP contribution >= 0.6 is 0 Å². The lowest BCUT2D eigenvalue weighted by Gasteiger charge is -2.06. The van der Waals surface area contributed by atoms with Crippen molar-refractivity contribution in [2.75, 3.05) is 19.9 Å². The number of benzene rings is 2. The van der Waals surface area contributed by atoms with E-state index in [-0.39, 0.29) is 18.6 Å². The van der Waals surface area contributed by atoms with E-state index < -0.39 is 0 Å². The van der Waals surface area contributed by atoms with Gasteiger partial charge in [-0.3, -0.25) is 9.59 Å². The fourth-order valence-corrected chi connectivity index (χ4v) is 2.30. The standard InChI is InChI=1S/C19H18N2O4/c22-18(9-6-14-4-2-1-3-5-14)20-10-11-21-19(23)15-7-8-16-17(12-15)25-13-24-16/h1-9,12H,10-11,13H2,(H,20,22)(H,21,23)/b9-6+. The zero-order chi connectivity index (χ0) is 17.5. The van der Waals surface area contributed by atoms with Crippen LogP contribution in [0.4, 0.5) is 0 Å². The summed E-state index contributed by atoms with van der Waals surface area (Å²) in [6.45, 7) is 0.843. The third-order valence-corrected chi connectivity index (χ3v) is 3.57. The van der Waals surface area contributed by atoms with Crippen LogP contribution in [0.3, 0.4) is 0 Å². The Morgan fingerprint density at radius 3 is 2.56 bits per heavy atom. The van der Waals surface area contributed by atoms with Crippen LogP contribution in [0.1, 0.15) is 15.9 Å². The molecule has 1 aliphatic rings. The second-order valence-corrected chi connectivity index (χ2v) is 5.36. The minimum absolute atomic E-state index is 0.170. The SMILES string of the molecule is O=C(/C=C/c1ccccc1)NCCNC(=O)c1ccc2c(c1)OCO2. The Labute approximate surface area is 145 Å². The molecule has 0 aromatic heterocycles. The number of fused-ring (bicyclic) bond motifs is 1. The molecule has 2 aromatic rings. The molecule has 1 aliphatic heterocycles. The molecular weight excluding hydrogens is 320 g/mol. The Morgan fingerprint density at radius 2 is 1.72 bits per heavy atom. The monoisotopic (exact) mass is 338 g/mol. The highest BCUT2D eigenvalue weighted by atomic mass is 16.7. The van der Waals surface area contributed by atoms with Crippen LogP contribution in [0, 0.1) is 0 Å². The summed E-state index contributed by atoms with van der Waals surface area (Å²) in [5.74, 6) is 0.759. The van der Waals surface area contributed by atoms with Gasteiger partial charge in [-0.2, -0.15) is 0 Å². The lowest BCUT2D eigenvalue weighted by atomic mass is 10.2. The van der Waals surface area contributed by atoms with E-state index in [0.717, 1.165) is 5.56 Å². The second kappa shape index (κ2) is 8.01. The van der Waals surface area contributed by atoms with Gasteiger partial charge >= 0.3 is 0 Å². The normalized spacial score (nSPS) is 12.2. The summed E-state index contributed by atoms with van der Waals surface area (Å²) in [4.78, 5) is 23.8. The van der Waals surface area contributed by atoms with Crippen LogP contribution in [-0.2, 0) is 4.79 Å². The lowest BCUT2D eigenvalue weighted by molar-refractivity contribution is -0.116. The number of carbonyl (C=O) groups excluding carboxylic acids is 2. The van der Waals surface area contributed by atoms with Gasteiger partial charge in [0.05, 0.1) is 0 Å². The Morgan fingerprint density at radius 1 is 0.960 bits per heavy atom. The molecular formula is C19H18N2O4. The lowest BCUT2D eigenvalue weighted by Crippen LogP contribution is -2.33. The van der Waals surface area contributed by atoms with Crippen LogP contribution in [-0.4, -0.2) is 31.7 Å². The van der Waals surface area contributed by atoms with Crippen molar-refractivity contribution < 1.29 is 19.1 Å². The van der Waals surface area contributed by atoms with Crippen molar-refractivity contribution in [3.8, 4) is 11.5 Å². The highest BCUT2D eigenvalue weighted by Crippen LogP contribution is 2.32. The van der Waals surface area contributed by atoms with E-state index in [1.165, 1.54) is 6.08 Å². The van der Waals surface area contributed by atoms with Crippen LogP contribution in [0.25, 0.3) is 6.08 Å². The smallest absolute Gasteiger partial charge is 0.251 e. The minimum atomic E-state index is -0.229. The molecule has 0 spiro atoms. The van der Waals surface area contributed by atoms with Crippen molar-refractivity contribution in [3.05, 3.63) is 65.7 Å². The molecule has 2 N–H and O–H groups in total. The van der Waals surface area contributed by atoms with Gasteiger partial charge in [0.2, 0.25) is 12.7 Å². The van der Waals surface area contributed by atoms with Gasteiger partial charge in [0, 0.05) is 24.7 Å². The van der Waals surface area contributed by atoms with Crippen LogP contribution in [0.15, 0.2) is 54.6 Å². The minimum Gasteiger partial charge on any atom is -0.454 e. The molecule has 6 heteroatoms. The van der Waals surface area contributed by atoms with Gasteiger partial charge in [-0.05, 0) is 29.8 Å². The van der Waals surface area contributed by atoms with Gasteiger partial charge in [0.15, 0.2) is 11.5 Å². The molecule has 0 saturated heterocycles. The molecule has 0 bridgehead atoms. The largest absolute Gasteiger partial charge is 0.454 e. The van der Waals surface area contributed by atoms with Gasteiger partial charge in [-0.25, -0.2) is 0 Å². The molecule has 0 aliphatic carbocycles. The molecule has 1 heterocycles. The molecule has 0 unspecified atom stereocenters. The average Bonchev–Trinajstić information content (AvgIpc) is 3.12. The molecule has 0 saturated carbocycles. The summed E-state index contributed by atoms with van der Waals surface area (Å²) in [5, 5.41) is 5.46. The van der Waals surface area contributed by atoms with Crippen molar-refractivity contribution >= 4 is 17.9 Å². The molecule has 25 heavy (non-hydrogen) atoms. The third-order valence-electron chi connectivity index (χ3n) is 3.57. The summed E-state index contributed by atoms with van der Waals surface area (Å²) in [6, 6.07) is 14.6. The van der Waals surface area contributed by atoms with Crippen LogP contribution in [0.5, 0.6) is 11.5 Å². The van der Waals surface area contributed by atoms with Gasteiger partial charge in [-0.1, -0.05) is 30.3 Å². The van der Waals surface area contributed by atoms with Crippen LogP contribution < -0.4 is 20.1 Å². The van der Waals surface area contributed by atoms with E-state index >= 15 is 0 Å². The molecule has 0 radical (unpaired) electrons. The van der Waals surface area contributed by atoms with Crippen LogP contribution in [0.2, 0.25) is 0 Å². The van der Waals surface area contributed by atoms with Gasteiger partial charge in [0.25, 0.3) is 5.91 Å². The Balaban J connectivity index is 1.40. The number of hydrogen-bond donors (Lipinski definition) is 2. The van der Waals surface area contributed by atoms with Crippen molar-refractivity contribution in [2.45, 2.75) is 0 Å². The van der Waals surface area contributed by atoms with Gasteiger partial charge in [-0.15, -0.1) is 0 Å². The summed E-state index contributed by atoms with van der Waals surface area (Å²) >= 11 is 0. The molecule has 128 valence electrons. The maximum Gasteiger partial charge on any atom is 0.251 e. The van der Waals surface area contributed by atoms with E-state index in [1.807, 2.05) is 30.3 Å². The van der Waals surface area contributed by atoms with E-state index in [0.29, 0.717) is 30.2 Å². The first kappa shape index (κ1) is 16.6. The third kappa shape index (κ3) is 4.60. The summed E-state index contributed by atoms with van der Waals surface area (Å²) in [6.07, 6.45) is 3.20. The molecule has 0 atom stereocenters. The molecule has 6 nitrogen and oxygen atoms in total. The van der Waals surface area contributed by atoms with Crippen molar-refractivity contribution in [2.24, 2.45) is 0 Å². The molecule has 0 fully saturated rings. The van der Waals surface area contributed by atoms with Crippen molar-refractivity contribution in [1.82, 2.24) is 10.6 Å². The molecule has 3 rings (SSSR count). The number of ether oxygens (including phenoxy) is 2. The number of rotatable bonds is 6. The predicted octanol–water partition coefficient (Wildman–Crippen LogP) is 1.97. The number of carbonyl (C=O) groups is 2. The predicted molar refractivity (Wildman–Crippen MR) is 93.4 cm³/mol. The fourth-order valence-electron chi connectivity index (χ4n) is 2.30. The van der Waals surface area contributed by atoms with Crippen molar-refractivity contribution in [1.29, 1.82) is 0 Å². The highest BCUT2D eigenvalue weighted by molar-refractivity contribution is 5.95. The maximum absolute atomic E-state index is 12.1. The van der Waals surface area contributed by atoms with E-state index in [9.17, 15) is 9.59 Å². The average molecular weight is 338 g/mol.